The molecule has 0 saturated carbocycles. The van der Waals surface area contributed by atoms with Gasteiger partial charge < -0.3 is 18.8 Å². The molecule has 2 aliphatic rings. The summed E-state index contributed by atoms with van der Waals surface area (Å²) in [7, 11) is 0. The average Bonchev–Trinajstić information content (AvgIpc) is 3.14. The van der Waals surface area contributed by atoms with Gasteiger partial charge in [0, 0.05) is 25.1 Å². The molecule has 1 saturated heterocycles. The third-order valence-electron chi connectivity index (χ3n) is 4.78. The number of rotatable bonds is 2. The third-order valence-corrected chi connectivity index (χ3v) is 4.78. The summed E-state index contributed by atoms with van der Waals surface area (Å²) < 4.78 is 17.1. The van der Waals surface area contributed by atoms with Crippen molar-refractivity contribution in [2.75, 3.05) is 31.2 Å². The molecule has 4 heterocycles. The molecular formula is C19H21N3O3. The maximum atomic E-state index is 9.88. The highest BCUT2D eigenvalue weighted by molar-refractivity contribution is 5.70. The second-order valence-corrected chi connectivity index (χ2v) is 7.03. The van der Waals surface area contributed by atoms with Gasteiger partial charge in [0.2, 0.25) is 0 Å². The first-order valence-electron chi connectivity index (χ1n) is 8.55. The molecule has 2 aromatic rings. The quantitative estimate of drug-likeness (QED) is 0.838. The van der Waals surface area contributed by atoms with Crippen LogP contribution in [0.3, 0.4) is 0 Å². The Hall–Kier alpha value is -2.36. The number of fused-ring (bicyclic) bond motifs is 1. The van der Waals surface area contributed by atoms with Crippen molar-refractivity contribution < 1.29 is 13.9 Å². The van der Waals surface area contributed by atoms with Crippen LogP contribution in [0.15, 0.2) is 22.8 Å². The Morgan fingerprint density at radius 3 is 2.72 bits per heavy atom. The van der Waals surface area contributed by atoms with Crippen LogP contribution in [0.25, 0.3) is 11.5 Å². The van der Waals surface area contributed by atoms with Crippen LogP contribution in [-0.2, 0) is 22.5 Å². The summed E-state index contributed by atoms with van der Waals surface area (Å²) >= 11 is 0. The Kier molecular flexibility index (Phi) is 3.98. The molecule has 2 aliphatic heterocycles. The Labute approximate surface area is 147 Å². The molecule has 0 amide bonds. The summed E-state index contributed by atoms with van der Waals surface area (Å²) in [6.07, 6.45) is 2.32. The fraction of sp³-hybridized carbons (Fsp3) is 0.474. The maximum Gasteiger partial charge on any atom is 0.152 e. The van der Waals surface area contributed by atoms with Crippen LogP contribution in [0.5, 0.6) is 0 Å². The highest BCUT2D eigenvalue weighted by atomic mass is 16.5. The van der Waals surface area contributed by atoms with E-state index in [0.29, 0.717) is 37.6 Å². The molecule has 130 valence electrons. The van der Waals surface area contributed by atoms with Crippen LogP contribution in [0.1, 0.15) is 30.5 Å². The lowest BCUT2D eigenvalue weighted by Crippen LogP contribution is -2.39. The molecule has 0 atom stereocenters. The normalized spacial score (nSPS) is 19.3. The van der Waals surface area contributed by atoms with E-state index in [9.17, 15) is 5.26 Å². The van der Waals surface area contributed by atoms with Crippen LogP contribution in [0.2, 0.25) is 0 Å². The minimum Gasteiger partial charge on any atom is -0.463 e. The zero-order valence-electron chi connectivity index (χ0n) is 14.5. The van der Waals surface area contributed by atoms with E-state index in [-0.39, 0.29) is 5.60 Å². The van der Waals surface area contributed by atoms with E-state index >= 15 is 0 Å². The van der Waals surface area contributed by atoms with Gasteiger partial charge in [0.1, 0.15) is 17.6 Å². The Bertz CT molecular complexity index is 815. The van der Waals surface area contributed by atoms with Crippen molar-refractivity contribution in [2.24, 2.45) is 0 Å². The molecule has 0 radical (unpaired) electrons. The van der Waals surface area contributed by atoms with Crippen molar-refractivity contribution in [2.45, 2.75) is 32.5 Å². The number of anilines is 1. The summed E-state index contributed by atoms with van der Waals surface area (Å²) in [6, 6.07) is 6.15. The molecule has 0 spiro atoms. The van der Waals surface area contributed by atoms with Gasteiger partial charge in [-0.05, 0) is 31.5 Å². The van der Waals surface area contributed by atoms with Crippen molar-refractivity contribution >= 4 is 5.82 Å². The van der Waals surface area contributed by atoms with Crippen molar-refractivity contribution in [1.29, 1.82) is 5.26 Å². The average molecular weight is 339 g/mol. The van der Waals surface area contributed by atoms with Gasteiger partial charge in [0.15, 0.2) is 5.76 Å². The molecule has 0 bridgehead atoms. The molecule has 2 aromatic heterocycles. The molecular weight excluding hydrogens is 318 g/mol. The molecule has 6 heteroatoms. The van der Waals surface area contributed by atoms with E-state index in [1.807, 2.05) is 12.1 Å². The van der Waals surface area contributed by atoms with Crippen LogP contribution in [0.4, 0.5) is 5.82 Å². The van der Waals surface area contributed by atoms with E-state index in [0.717, 1.165) is 35.7 Å². The monoisotopic (exact) mass is 339 g/mol. The molecule has 0 aromatic carbocycles. The summed E-state index contributed by atoms with van der Waals surface area (Å²) in [4.78, 5) is 6.98. The third kappa shape index (κ3) is 2.90. The second kappa shape index (κ2) is 6.17. The topological polar surface area (TPSA) is 71.5 Å². The molecule has 25 heavy (non-hydrogen) atoms. The lowest BCUT2D eigenvalue weighted by Gasteiger charge is -2.35. The summed E-state index contributed by atoms with van der Waals surface area (Å²) in [5.74, 6) is 1.44. The zero-order valence-corrected chi connectivity index (χ0v) is 14.5. The van der Waals surface area contributed by atoms with Gasteiger partial charge in [-0.1, -0.05) is 0 Å². The Balaban J connectivity index is 1.92. The van der Waals surface area contributed by atoms with Crippen molar-refractivity contribution in [3.63, 3.8) is 0 Å². The van der Waals surface area contributed by atoms with Crippen molar-refractivity contribution in [1.82, 2.24) is 4.98 Å². The zero-order chi connectivity index (χ0) is 17.4. The highest BCUT2D eigenvalue weighted by Crippen LogP contribution is 2.39. The minimum absolute atomic E-state index is 0.303. The number of hydrogen-bond donors (Lipinski definition) is 0. The smallest absolute Gasteiger partial charge is 0.152 e. The maximum absolute atomic E-state index is 9.88. The number of ether oxygens (including phenoxy) is 2. The molecule has 0 unspecified atom stereocenters. The van der Waals surface area contributed by atoms with Gasteiger partial charge in [-0.25, -0.2) is 4.98 Å². The lowest BCUT2D eigenvalue weighted by molar-refractivity contribution is -0.0400. The number of pyridine rings is 1. The molecule has 0 N–H and O–H groups in total. The van der Waals surface area contributed by atoms with Crippen LogP contribution in [-0.4, -0.2) is 36.9 Å². The molecule has 1 fully saturated rings. The Morgan fingerprint density at radius 2 is 2.04 bits per heavy atom. The van der Waals surface area contributed by atoms with Crippen molar-refractivity contribution in [3.05, 3.63) is 35.1 Å². The summed E-state index contributed by atoms with van der Waals surface area (Å²) in [6.45, 7) is 7.30. The number of morpholine rings is 1. The lowest BCUT2D eigenvalue weighted by atomic mass is 9.87. The van der Waals surface area contributed by atoms with Crippen LogP contribution >= 0.6 is 0 Å². The predicted molar refractivity (Wildman–Crippen MR) is 92.3 cm³/mol. The number of furan rings is 1. The fourth-order valence-electron chi connectivity index (χ4n) is 3.49. The largest absolute Gasteiger partial charge is 0.463 e. The first-order chi connectivity index (χ1) is 12.1. The van der Waals surface area contributed by atoms with Crippen LogP contribution in [0, 0.1) is 11.3 Å². The second-order valence-electron chi connectivity index (χ2n) is 7.03. The van der Waals surface area contributed by atoms with Crippen molar-refractivity contribution in [3.8, 4) is 17.5 Å². The summed E-state index contributed by atoms with van der Waals surface area (Å²) in [5, 5.41) is 9.88. The van der Waals surface area contributed by atoms with Gasteiger partial charge >= 0.3 is 0 Å². The highest BCUT2D eigenvalue weighted by Gasteiger charge is 2.33. The fourth-order valence-corrected chi connectivity index (χ4v) is 3.49. The van der Waals surface area contributed by atoms with Crippen LogP contribution < -0.4 is 4.90 Å². The van der Waals surface area contributed by atoms with E-state index in [4.69, 9.17) is 18.9 Å². The van der Waals surface area contributed by atoms with Gasteiger partial charge in [-0.15, -0.1) is 0 Å². The number of aromatic nitrogens is 1. The first kappa shape index (κ1) is 16.1. The minimum atomic E-state index is -0.303. The Morgan fingerprint density at radius 1 is 1.24 bits per heavy atom. The number of nitrogens with zero attached hydrogens (tertiary/aromatic N) is 3. The van der Waals surface area contributed by atoms with Gasteiger partial charge in [-0.3, -0.25) is 0 Å². The molecule has 6 nitrogen and oxygen atoms in total. The summed E-state index contributed by atoms with van der Waals surface area (Å²) in [5.41, 5.74) is 3.12. The van der Waals surface area contributed by atoms with Gasteiger partial charge in [0.05, 0.1) is 37.2 Å². The van der Waals surface area contributed by atoms with E-state index < -0.39 is 0 Å². The predicted octanol–water partition coefficient (Wildman–Crippen LogP) is 2.90. The first-order valence-corrected chi connectivity index (χ1v) is 8.55. The number of nitriles is 1. The molecule has 4 rings (SSSR count). The van der Waals surface area contributed by atoms with Gasteiger partial charge in [-0.2, -0.15) is 5.26 Å². The van der Waals surface area contributed by atoms with E-state index in [1.54, 1.807) is 6.26 Å². The standard InChI is InChI=1S/C19H21N3O3/c1-19(2)10-13-14(11-20)18(22-5-8-23-9-6-22)21-17(15(13)12-25-19)16-4-3-7-24-16/h3-4,7H,5-6,8-10,12H2,1-2H3. The SMILES string of the molecule is CC1(C)Cc2c(C#N)c(N3CCOCC3)nc(-c3ccco3)c2CO1. The van der Waals surface area contributed by atoms with E-state index in [2.05, 4.69) is 24.8 Å². The van der Waals surface area contributed by atoms with Gasteiger partial charge in [0.25, 0.3) is 0 Å². The molecule has 0 aliphatic carbocycles. The number of hydrogen-bond acceptors (Lipinski definition) is 6. The van der Waals surface area contributed by atoms with E-state index in [1.165, 1.54) is 0 Å².